The van der Waals surface area contributed by atoms with Crippen LogP contribution >= 0.6 is 15.9 Å². The quantitative estimate of drug-likeness (QED) is 0.636. The number of rotatable bonds is 1. The summed E-state index contributed by atoms with van der Waals surface area (Å²) in [5, 5.41) is 2.46. The lowest BCUT2D eigenvalue weighted by Crippen LogP contribution is -2.41. The number of imide groups is 3. The van der Waals surface area contributed by atoms with Crippen LogP contribution in [-0.2, 0) is 4.79 Å². The van der Waals surface area contributed by atoms with Crippen molar-refractivity contribution in [1.29, 1.82) is 0 Å². The molecule has 18 heavy (non-hydrogen) atoms. The fraction of sp³-hybridized carbons (Fsp3) is 0.250. The van der Waals surface area contributed by atoms with Crippen LogP contribution in [0.3, 0.4) is 0 Å². The monoisotopic (exact) mass is 310 g/mol. The Kier molecular flexibility index (Phi) is 2.98. The van der Waals surface area contributed by atoms with E-state index in [2.05, 4.69) is 21.2 Å². The van der Waals surface area contributed by atoms with Crippen molar-refractivity contribution in [1.82, 2.24) is 10.2 Å². The maximum absolute atomic E-state index is 12.1. The maximum atomic E-state index is 12.1. The average molecular weight is 311 g/mol. The van der Waals surface area contributed by atoms with E-state index in [-0.39, 0.29) is 0 Å². The van der Waals surface area contributed by atoms with Crippen molar-refractivity contribution in [2.75, 3.05) is 0 Å². The molecule has 1 aromatic carbocycles. The molecule has 1 N–H and O–H groups in total. The summed E-state index contributed by atoms with van der Waals surface area (Å²) in [5.41, 5.74) is -0.748. The van der Waals surface area contributed by atoms with E-state index in [0.717, 1.165) is 4.47 Å². The van der Waals surface area contributed by atoms with Gasteiger partial charge < -0.3 is 5.32 Å². The van der Waals surface area contributed by atoms with Gasteiger partial charge in [-0.15, -0.1) is 0 Å². The van der Waals surface area contributed by atoms with Crippen molar-refractivity contribution in [2.45, 2.75) is 19.4 Å². The van der Waals surface area contributed by atoms with Gasteiger partial charge in [-0.25, -0.2) is 4.79 Å². The Balaban J connectivity index is 2.33. The van der Waals surface area contributed by atoms with Gasteiger partial charge in [0.25, 0.3) is 11.8 Å². The molecule has 1 aromatic rings. The number of nitrogens with zero attached hydrogens (tertiary/aromatic N) is 1. The molecule has 1 fully saturated rings. The molecule has 0 saturated carbocycles. The largest absolute Gasteiger partial charge is 0.332 e. The predicted molar refractivity (Wildman–Crippen MR) is 67.9 cm³/mol. The third kappa shape index (κ3) is 2.03. The van der Waals surface area contributed by atoms with Gasteiger partial charge in [0, 0.05) is 10.0 Å². The van der Waals surface area contributed by atoms with Gasteiger partial charge in [-0.3, -0.25) is 9.59 Å². The molecular formula is C12H11BrN2O3. The summed E-state index contributed by atoms with van der Waals surface area (Å²) in [4.78, 5) is 36.3. The third-order valence-electron chi connectivity index (χ3n) is 2.65. The zero-order valence-corrected chi connectivity index (χ0v) is 11.4. The number of hydrogen-bond donors (Lipinski definition) is 1. The summed E-state index contributed by atoms with van der Waals surface area (Å²) < 4.78 is 0.816. The molecule has 1 aliphatic rings. The van der Waals surface area contributed by atoms with Crippen LogP contribution in [0.1, 0.15) is 24.2 Å². The van der Waals surface area contributed by atoms with E-state index in [9.17, 15) is 14.4 Å². The summed E-state index contributed by atoms with van der Waals surface area (Å²) in [7, 11) is 0. The molecule has 2 rings (SSSR count). The number of nitrogens with one attached hydrogen (secondary N) is 1. The summed E-state index contributed by atoms with van der Waals surface area (Å²) in [5.74, 6) is -1.16. The van der Waals surface area contributed by atoms with E-state index in [1.165, 1.54) is 0 Å². The molecule has 4 amide bonds. The highest BCUT2D eigenvalue weighted by Crippen LogP contribution is 2.20. The highest BCUT2D eigenvalue weighted by molar-refractivity contribution is 9.10. The molecule has 0 aromatic heterocycles. The second-order valence-electron chi connectivity index (χ2n) is 4.51. The summed E-state index contributed by atoms with van der Waals surface area (Å²) in [6, 6.07) is 5.78. The lowest BCUT2D eigenvalue weighted by molar-refractivity contribution is -0.128. The van der Waals surface area contributed by atoms with Crippen molar-refractivity contribution >= 4 is 33.8 Å². The minimum absolute atomic E-state index is 0.291. The van der Waals surface area contributed by atoms with Crippen molar-refractivity contribution in [3.05, 3.63) is 34.3 Å². The fourth-order valence-electron chi connectivity index (χ4n) is 1.65. The molecule has 0 unspecified atom stereocenters. The second kappa shape index (κ2) is 4.20. The van der Waals surface area contributed by atoms with E-state index in [0.29, 0.717) is 10.5 Å². The Morgan fingerprint density at radius 3 is 2.22 bits per heavy atom. The minimum Gasteiger partial charge on any atom is -0.323 e. The topological polar surface area (TPSA) is 66.5 Å². The smallest absolute Gasteiger partial charge is 0.323 e. The Morgan fingerprint density at radius 2 is 1.78 bits per heavy atom. The predicted octanol–water partition coefficient (Wildman–Crippen LogP) is 1.92. The lowest BCUT2D eigenvalue weighted by Gasteiger charge is -2.14. The minimum atomic E-state index is -1.04. The van der Waals surface area contributed by atoms with Gasteiger partial charge in [0.1, 0.15) is 5.54 Å². The van der Waals surface area contributed by atoms with Crippen LogP contribution in [0.15, 0.2) is 28.7 Å². The molecule has 0 radical (unpaired) electrons. The molecule has 6 heteroatoms. The fourth-order valence-corrected chi connectivity index (χ4v) is 1.92. The molecular weight excluding hydrogens is 300 g/mol. The molecule has 1 heterocycles. The summed E-state index contributed by atoms with van der Waals surface area (Å²) in [6.45, 7) is 3.12. The van der Waals surface area contributed by atoms with Crippen LogP contribution in [0, 0.1) is 0 Å². The van der Waals surface area contributed by atoms with E-state index >= 15 is 0 Å². The van der Waals surface area contributed by atoms with Crippen LogP contribution in [0.2, 0.25) is 0 Å². The number of amides is 4. The standard InChI is InChI=1S/C12H11BrN2O3/c1-12(2)10(17)15(11(18)14-12)9(16)7-3-5-8(13)6-4-7/h3-6H,1-2H3,(H,14,18). The van der Waals surface area contributed by atoms with Gasteiger partial charge in [-0.1, -0.05) is 15.9 Å². The average Bonchev–Trinajstić information content (AvgIpc) is 2.48. The lowest BCUT2D eigenvalue weighted by atomic mass is 10.1. The van der Waals surface area contributed by atoms with Gasteiger partial charge in [0.05, 0.1) is 0 Å². The Hall–Kier alpha value is -1.69. The van der Waals surface area contributed by atoms with Crippen molar-refractivity contribution in [3.8, 4) is 0 Å². The number of hydrogen-bond acceptors (Lipinski definition) is 3. The molecule has 0 aliphatic carbocycles. The molecule has 5 nitrogen and oxygen atoms in total. The van der Waals surface area contributed by atoms with Crippen LogP contribution in [0.5, 0.6) is 0 Å². The van der Waals surface area contributed by atoms with E-state index in [4.69, 9.17) is 0 Å². The zero-order valence-electron chi connectivity index (χ0n) is 9.86. The Bertz CT molecular complexity index is 537. The molecule has 94 valence electrons. The number of halogens is 1. The van der Waals surface area contributed by atoms with Crippen molar-refractivity contribution < 1.29 is 14.4 Å². The molecule has 0 bridgehead atoms. The van der Waals surface area contributed by atoms with Gasteiger partial charge in [0.15, 0.2) is 0 Å². The van der Waals surface area contributed by atoms with Crippen LogP contribution in [-0.4, -0.2) is 28.3 Å². The van der Waals surface area contributed by atoms with E-state index in [1.807, 2.05) is 0 Å². The number of benzene rings is 1. The molecule has 1 aliphatic heterocycles. The van der Waals surface area contributed by atoms with Crippen LogP contribution in [0.4, 0.5) is 4.79 Å². The first-order chi connectivity index (χ1) is 8.33. The number of carbonyl (C=O) groups excluding carboxylic acids is 3. The third-order valence-corrected chi connectivity index (χ3v) is 3.18. The van der Waals surface area contributed by atoms with Crippen molar-refractivity contribution in [3.63, 3.8) is 0 Å². The second-order valence-corrected chi connectivity index (χ2v) is 5.42. The van der Waals surface area contributed by atoms with Crippen LogP contribution < -0.4 is 5.32 Å². The van der Waals surface area contributed by atoms with Crippen molar-refractivity contribution in [2.24, 2.45) is 0 Å². The van der Waals surface area contributed by atoms with Gasteiger partial charge in [-0.2, -0.15) is 4.90 Å². The summed E-state index contributed by atoms with van der Waals surface area (Å²) >= 11 is 3.25. The number of urea groups is 1. The molecule has 1 saturated heterocycles. The maximum Gasteiger partial charge on any atom is 0.332 e. The Morgan fingerprint density at radius 1 is 1.22 bits per heavy atom. The normalized spacial score (nSPS) is 17.8. The summed E-state index contributed by atoms with van der Waals surface area (Å²) in [6.07, 6.45) is 0. The first-order valence-electron chi connectivity index (χ1n) is 5.29. The first-order valence-corrected chi connectivity index (χ1v) is 6.09. The van der Waals surface area contributed by atoms with E-state index < -0.39 is 23.4 Å². The molecule has 0 atom stereocenters. The number of carbonyl (C=O) groups is 3. The van der Waals surface area contributed by atoms with Gasteiger partial charge in [0.2, 0.25) is 0 Å². The highest BCUT2D eigenvalue weighted by Gasteiger charge is 2.47. The zero-order chi connectivity index (χ0) is 13.5. The highest BCUT2D eigenvalue weighted by atomic mass is 79.9. The SMILES string of the molecule is CC1(C)NC(=O)N(C(=O)c2ccc(Br)cc2)C1=O. The first kappa shape index (κ1) is 12.8. The molecule has 0 spiro atoms. The Labute approximate surface area is 112 Å². The van der Waals surface area contributed by atoms with E-state index in [1.54, 1.807) is 38.1 Å². The van der Waals surface area contributed by atoms with Gasteiger partial charge >= 0.3 is 6.03 Å². The van der Waals surface area contributed by atoms with Gasteiger partial charge in [-0.05, 0) is 38.1 Å². The van der Waals surface area contributed by atoms with Crippen LogP contribution in [0.25, 0.3) is 0 Å².